The van der Waals surface area contributed by atoms with Crippen LogP contribution in [0.2, 0.25) is 0 Å². The number of rotatable bonds is 6. The zero-order chi connectivity index (χ0) is 23.1. The van der Waals surface area contributed by atoms with Crippen molar-refractivity contribution in [3.63, 3.8) is 0 Å². The van der Waals surface area contributed by atoms with E-state index in [9.17, 15) is 9.18 Å². The number of benzene rings is 3. The Morgan fingerprint density at radius 2 is 1.50 bits per heavy atom. The monoisotopic (exact) mass is 429 g/mol. The third kappa shape index (κ3) is 5.94. The smallest absolute Gasteiger partial charge is 0.129 e. The Labute approximate surface area is 190 Å². The van der Waals surface area contributed by atoms with Crippen molar-refractivity contribution in [1.82, 2.24) is 4.57 Å². The van der Waals surface area contributed by atoms with E-state index < -0.39 is 0 Å². The number of ketones is 1. The van der Waals surface area contributed by atoms with Gasteiger partial charge in [0.05, 0.1) is 6.54 Å². The first kappa shape index (κ1) is 23.5. The van der Waals surface area contributed by atoms with Crippen LogP contribution in [0, 0.1) is 26.6 Å². The van der Waals surface area contributed by atoms with Gasteiger partial charge in [0.25, 0.3) is 0 Å². The summed E-state index contributed by atoms with van der Waals surface area (Å²) in [7, 11) is 0. The molecule has 4 aromatic rings. The Morgan fingerprint density at radius 1 is 0.844 bits per heavy atom. The van der Waals surface area contributed by atoms with Crippen molar-refractivity contribution in [1.29, 1.82) is 0 Å². The summed E-state index contributed by atoms with van der Waals surface area (Å²) < 4.78 is 16.0. The van der Waals surface area contributed by atoms with Crippen LogP contribution in [0.1, 0.15) is 47.6 Å². The van der Waals surface area contributed by atoms with E-state index in [1.165, 1.54) is 33.7 Å². The fraction of sp³-hybridized carbons (Fsp3) is 0.276. The van der Waals surface area contributed by atoms with E-state index in [0.29, 0.717) is 18.5 Å². The van der Waals surface area contributed by atoms with Crippen molar-refractivity contribution < 1.29 is 9.18 Å². The fourth-order valence-electron chi connectivity index (χ4n) is 3.89. The van der Waals surface area contributed by atoms with Gasteiger partial charge in [0.1, 0.15) is 11.6 Å². The van der Waals surface area contributed by atoms with Crippen LogP contribution in [0.4, 0.5) is 4.39 Å². The molecule has 0 N–H and O–H groups in total. The van der Waals surface area contributed by atoms with E-state index >= 15 is 0 Å². The van der Waals surface area contributed by atoms with Gasteiger partial charge in [0.15, 0.2) is 0 Å². The molecule has 3 aromatic carbocycles. The number of carbonyl (C=O) groups is 1. The Balaban J connectivity index is 0.000000269. The molecule has 1 heterocycles. The maximum Gasteiger partial charge on any atom is 0.129 e. The van der Waals surface area contributed by atoms with Crippen LogP contribution in [-0.4, -0.2) is 10.4 Å². The molecule has 166 valence electrons. The summed E-state index contributed by atoms with van der Waals surface area (Å²) in [5.41, 5.74) is 7.19. The van der Waals surface area contributed by atoms with Crippen molar-refractivity contribution in [3.8, 4) is 0 Å². The molecule has 0 radical (unpaired) electrons. The minimum Gasteiger partial charge on any atom is -0.343 e. The lowest BCUT2D eigenvalue weighted by Crippen LogP contribution is -2.00. The first-order chi connectivity index (χ1) is 15.4. The molecule has 0 saturated carbocycles. The highest BCUT2D eigenvalue weighted by molar-refractivity contribution is 5.84. The third-order valence-corrected chi connectivity index (χ3v) is 6.02. The molecule has 0 bridgehead atoms. The molecule has 2 nitrogen and oxygen atoms in total. The number of carbonyl (C=O) groups excluding carboxylic acids is 1. The Kier molecular flexibility index (Phi) is 7.99. The van der Waals surface area contributed by atoms with Crippen LogP contribution in [0.25, 0.3) is 10.9 Å². The number of fused-ring (bicyclic) bond motifs is 1. The van der Waals surface area contributed by atoms with Crippen LogP contribution in [-0.2, 0) is 17.8 Å². The van der Waals surface area contributed by atoms with Gasteiger partial charge >= 0.3 is 0 Å². The molecule has 0 saturated heterocycles. The third-order valence-electron chi connectivity index (χ3n) is 6.02. The van der Waals surface area contributed by atoms with Gasteiger partial charge in [-0.2, -0.15) is 0 Å². The number of hydrogen-bond donors (Lipinski definition) is 0. The molecule has 1 aromatic heterocycles. The van der Waals surface area contributed by atoms with E-state index in [1.54, 1.807) is 13.0 Å². The minimum atomic E-state index is -0.177. The summed E-state index contributed by atoms with van der Waals surface area (Å²) in [5.74, 6) is 0.0449. The average Bonchev–Trinajstić information content (AvgIpc) is 3.11. The molecule has 0 aliphatic heterocycles. The van der Waals surface area contributed by atoms with Gasteiger partial charge < -0.3 is 9.36 Å². The summed E-state index contributed by atoms with van der Waals surface area (Å²) in [6.45, 7) is 8.58. The molecular formula is C29H32FNO. The summed E-state index contributed by atoms with van der Waals surface area (Å²) in [4.78, 5) is 11.1. The van der Waals surface area contributed by atoms with Gasteiger partial charge in [-0.1, -0.05) is 54.6 Å². The predicted molar refractivity (Wildman–Crippen MR) is 132 cm³/mol. The normalized spacial score (nSPS) is 10.7. The van der Waals surface area contributed by atoms with Crippen LogP contribution in [0.3, 0.4) is 0 Å². The van der Waals surface area contributed by atoms with Gasteiger partial charge in [-0.3, -0.25) is 0 Å². The van der Waals surface area contributed by atoms with Gasteiger partial charge in [-0.05, 0) is 74.9 Å². The molecule has 0 aliphatic carbocycles. The second kappa shape index (κ2) is 10.9. The Morgan fingerprint density at radius 3 is 2.16 bits per heavy atom. The first-order valence-corrected chi connectivity index (χ1v) is 11.2. The van der Waals surface area contributed by atoms with E-state index in [2.05, 4.69) is 61.9 Å². The largest absolute Gasteiger partial charge is 0.343 e. The number of halogens is 1. The quantitative estimate of drug-likeness (QED) is 0.314. The molecule has 0 fully saturated rings. The standard InChI is InChI=1S/C20H20FNO.C9H12/c1-15(23)7-6-9-16-13-22(20-12-5-3-10-18(16)20)14-17-8-2-4-11-19(17)21;1-7-5-4-6-8(2)9(7)3/h2-5,8,10-13H,6-7,9,14H2,1H3;4-6H,1-3H3. The van der Waals surface area contributed by atoms with Gasteiger partial charge in [-0.25, -0.2) is 4.39 Å². The van der Waals surface area contributed by atoms with Crippen molar-refractivity contribution in [2.24, 2.45) is 0 Å². The molecule has 0 unspecified atom stereocenters. The number of aromatic nitrogens is 1. The number of para-hydroxylation sites is 1. The van der Waals surface area contributed by atoms with Gasteiger partial charge in [-0.15, -0.1) is 0 Å². The van der Waals surface area contributed by atoms with Crippen molar-refractivity contribution in [2.75, 3.05) is 0 Å². The van der Waals surface area contributed by atoms with Gasteiger partial charge in [0, 0.05) is 29.1 Å². The summed E-state index contributed by atoms with van der Waals surface area (Å²) >= 11 is 0. The number of nitrogens with zero attached hydrogens (tertiary/aromatic N) is 1. The second-order valence-electron chi connectivity index (χ2n) is 8.46. The van der Waals surface area contributed by atoms with E-state index in [0.717, 1.165) is 18.4 Å². The maximum absolute atomic E-state index is 13.9. The highest BCUT2D eigenvalue weighted by Crippen LogP contribution is 2.24. The highest BCUT2D eigenvalue weighted by Gasteiger charge is 2.10. The topological polar surface area (TPSA) is 22.0 Å². The number of hydrogen-bond acceptors (Lipinski definition) is 1. The van der Waals surface area contributed by atoms with E-state index in [4.69, 9.17) is 0 Å². The summed E-state index contributed by atoms with van der Waals surface area (Å²) in [6, 6.07) is 21.4. The molecular weight excluding hydrogens is 397 g/mol. The lowest BCUT2D eigenvalue weighted by atomic mass is 10.1. The first-order valence-electron chi connectivity index (χ1n) is 11.2. The van der Waals surface area contributed by atoms with Crippen LogP contribution >= 0.6 is 0 Å². The number of aryl methyl sites for hydroxylation is 3. The van der Waals surface area contributed by atoms with Crippen molar-refractivity contribution >= 4 is 16.7 Å². The second-order valence-corrected chi connectivity index (χ2v) is 8.46. The van der Waals surface area contributed by atoms with E-state index in [1.807, 2.05) is 24.3 Å². The summed E-state index contributed by atoms with van der Waals surface area (Å²) in [5, 5.41) is 1.19. The average molecular weight is 430 g/mol. The molecule has 32 heavy (non-hydrogen) atoms. The Bertz CT molecular complexity index is 1180. The zero-order valence-corrected chi connectivity index (χ0v) is 19.5. The molecule has 4 rings (SSSR count). The molecule has 3 heteroatoms. The number of Topliss-reactive ketones (excluding diaryl/α,β-unsaturated/α-hetero) is 1. The molecule has 0 amide bonds. The van der Waals surface area contributed by atoms with E-state index in [-0.39, 0.29) is 11.6 Å². The molecule has 0 aliphatic rings. The van der Waals surface area contributed by atoms with Crippen LogP contribution in [0.5, 0.6) is 0 Å². The predicted octanol–water partition coefficient (Wildman–Crippen LogP) is 7.35. The fourth-order valence-corrected chi connectivity index (χ4v) is 3.89. The lowest BCUT2D eigenvalue weighted by molar-refractivity contribution is -0.117. The molecule has 0 spiro atoms. The zero-order valence-electron chi connectivity index (χ0n) is 19.5. The van der Waals surface area contributed by atoms with Crippen molar-refractivity contribution in [2.45, 2.75) is 53.5 Å². The SMILES string of the molecule is CC(=O)CCCc1cn(Cc2ccccc2F)c2ccccc12.Cc1cccc(C)c1C. The van der Waals surface area contributed by atoms with Crippen molar-refractivity contribution in [3.05, 3.63) is 107 Å². The molecule has 0 atom stereocenters. The Hall–Kier alpha value is -3.20. The highest BCUT2D eigenvalue weighted by atomic mass is 19.1. The van der Waals surface area contributed by atoms with Crippen LogP contribution in [0.15, 0.2) is 72.9 Å². The maximum atomic E-state index is 13.9. The van der Waals surface area contributed by atoms with Crippen LogP contribution < -0.4 is 0 Å². The summed E-state index contributed by atoms with van der Waals surface area (Å²) in [6.07, 6.45) is 4.41. The minimum absolute atomic E-state index is 0.177. The van der Waals surface area contributed by atoms with Gasteiger partial charge in [0.2, 0.25) is 0 Å². The lowest BCUT2D eigenvalue weighted by Gasteiger charge is -2.06.